The fourth-order valence-electron chi connectivity index (χ4n) is 2.02. The number of H-pyrrole nitrogens is 1. The monoisotopic (exact) mass is 307 g/mol. The molecule has 1 heterocycles. The standard InChI is InChI=1S/C15H18ClN3O2/c1-10-14(11(2)18-17-10)15(20)19(3)7-8-21-13-6-4-5-12(16)9-13/h4-6,9H,7-8H2,1-3H3,(H,17,18). The predicted molar refractivity (Wildman–Crippen MR) is 82.0 cm³/mol. The van der Waals surface area contributed by atoms with E-state index in [1.807, 2.05) is 26.0 Å². The first kappa shape index (κ1) is 15.4. The van der Waals surface area contributed by atoms with E-state index in [1.54, 1.807) is 24.1 Å². The smallest absolute Gasteiger partial charge is 0.257 e. The molecule has 0 fully saturated rings. The van der Waals surface area contributed by atoms with Crippen molar-refractivity contribution in [2.45, 2.75) is 13.8 Å². The molecule has 0 aliphatic rings. The number of ether oxygens (including phenoxy) is 1. The third kappa shape index (κ3) is 3.76. The van der Waals surface area contributed by atoms with Gasteiger partial charge in [-0.25, -0.2) is 0 Å². The van der Waals surface area contributed by atoms with Gasteiger partial charge in [-0.1, -0.05) is 17.7 Å². The van der Waals surface area contributed by atoms with Crippen LogP contribution in [0.3, 0.4) is 0 Å². The Morgan fingerprint density at radius 2 is 2.19 bits per heavy atom. The molecular weight excluding hydrogens is 290 g/mol. The van der Waals surface area contributed by atoms with E-state index in [-0.39, 0.29) is 5.91 Å². The number of halogens is 1. The highest BCUT2D eigenvalue weighted by Crippen LogP contribution is 2.17. The number of aryl methyl sites for hydroxylation is 2. The maximum absolute atomic E-state index is 12.3. The number of hydrogen-bond acceptors (Lipinski definition) is 3. The van der Waals surface area contributed by atoms with E-state index in [1.165, 1.54) is 0 Å². The van der Waals surface area contributed by atoms with Crippen molar-refractivity contribution < 1.29 is 9.53 Å². The maximum atomic E-state index is 12.3. The first-order valence-corrected chi connectivity index (χ1v) is 7.02. The minimum Gasteiger partial charge on any atom is -0.492 e. The second kappa shape index (κ2) is 6.63. The summed E-state index contributed by atoms with van der Waals surface area (Å²) in [6.45, 7) is 4.53. The molecule has 0 spiro atoms. The molecule has 5 nitrogen and oxygen atoms in total. The molecule has 0 atom stereocenters. The molecule has 0 saturated carbocycles. The lowest BCUT2D eigenvalue weighted by molar-refractivity contribution is 0.0772. The van der Waals surface area contributed by atoms with Gasteiger partial charge in [-0.3, -0.25) is 9.89 Å². The Morgan fingerprint density at radius 1 is 1.43 bits per heavy atom. The summed E-state index contributed by atoms with van der Waals surface area (Å²) < 4.78 is 5.58. The van der Waals surface area contributed by atoms with Gasteiger partial charge in [0.15, 0.2) is 0 Å². The van der Waals surface area contributed by atoms with Crippen LogP contribution in [0.1, 0.15) is 21.7 Å². The normalized spacial score (nSPS) is 10.5. The average molecular weight is 308 g/mol. The highest BCUT2D eigenvalue weighted by molar-refractivity contribution is 6.30. The average Bonchev–Trinajstić information content (AvgIpc) is 2.77. The molecule has 0 unspecified atom stereocenters. The predicted octanol–water partition coefficient (Wildman–Crippen LogP) is 2.83. The van der Waals surface area contributed by atoms with Crippen LogP contribution >= 0.6 is 11.6 Å². The van der Waals surface area contributed by atoms with Crippen molar-refractivity contribution in [1.82, 2.24) is 15.1 Å². The summed E-state index contributed by atoms with van der Waals surface area (Å²) in [5.74, 6) is 0.632. The van der Waals surface area contributed by atoms with E-state index in [0.717, 1.165) is 5.69 Å². The third-order valence-corrected chi connectivity index (χ3v) is 3.42. The number of amides is 1. The SMILES string of the molecule is Cc1n[nH]c(C)c1C(=O)N(C)CCOc1cccc(Cl)c1. The van der Waals surface area contributed by atoms with E-state index in [4.69, 9.17) is 16.3 Å². The van der Waals surface area contributed by atoms with Gasteiger partial charge in [0.25, 0.3) is 5.91 Å². The fourth-order valence-corrected chi connectivity index (χ4v) is 2.20. The van der Waals surface area contributed by atoms with Gasteiger partial charge >= 0.3 is 0 Å². The topological polar surface area (TPSA) is 58.2 Å². The summed E-state index contributed by atoms with van der Waals surface area (Å²) >= 11 is 5.88. The Morgan fingerprint density at radius 3 is 2.81 bits per heavy atom. The first-order valence-electron chi connectivity index (χ1n) is 6.64. The van der Waals surface area contributed by atoms with E-state index >= 15 is 0 Å². The molecule has 21 heavy (non-hydrogen) atoms. The molecule has 0 bridgehead atoms. The number of benzene rings is 1. The summed E-state index contributed by atoms with van der Waals surface area (Å²) in [6.07, 6.45) is 0. The number of likely N-dealkylation sites (N-methyl/N-ethyl adjacent to an activating group) is 1. The number of hydrogen-bond donors (Lipinski definition) is 1. The zero-order valence-electron chi connectivity index (χ0n) is 12.3. The molecule has 1 N–H and O–H groups in total. The molecule has 0 aliphatic heterocycles. The van der Waals surface area contributed by atoms with Gasteiger partial charge in [0.1, 0.15) is 12.4 Å². The molecule has 1 amide bonds. The molecule has 1 aromatic heterocycles. The van der Waals surface area contributed by atoms with Crippen LogP contribution in [0, 0.1) is 13.8 Å². The summed E-state index contributed by atoms with van der Waals surface area (Å²) in [5.41, 5.74) is 2.11. The second-order valence-electron chi connectivity index (χ2n) is 4.84. The third-order valence-electron chi connectivity index (χ3n) is 3.18. The number of carbonyl (C=O) groups excluding carboxylic acids is 1. The highest BCUT2D eigenvalue weighted by Gasteiger charge is 2.18. The number of nitrogens with zero attached hydrogens (tertiary/aromatic N) is 2. The molecule has 2 rings (SSSR count). The van der Waals surface area contributed by atoms with E-state index in [9.17, 15) is 4.79 Å². The molecule has 112 valence electrons. The van der Waals surface area contributed by atoms with Gasteiger partial charge in [0.2, 0.25) is 0 Å². The van der Waals surface area contributed by atoms with E-state index in [0.29, 0.717) is 35.2 Å². The Kier molecular flexibility index (Phi) is 4.85. The van der Waals surface area contributed by atoms with Gasteiger partial charge in [0.05, 0.1) is 17.8 Å². The van der Waals surface area contributed by atoms with Crippen LogP contribution in [0.25, 0.3) is 0 Å². The number of nitrogens with one attached hydrogen (secondary N) is 1. The van der Waals surface area contributed by atoms with Crippen molar-refractivity contribution in [2.24, 2.45) is 0 Å². The molecule has 0 radical (unpaired) electrons. The zero-order chi connectivity index (χ0) is 15.4. The van der Waals surface area contributed by atoms with Crippen LogP contribution in [0.2, 0.25) is 5.02 Å². The van der Waals surface area contributed by atoms with Crippen LogP contribution in [0.15, 0.2) is 24.3 Å². The summed E-state index contributed by atoms with van der Waals surface area (Å²) in [7, 11) is 1.75. The van der Waals surface area contributed by atoms with Crippen LogP contribution in [0.4, 0.5) is 0 Å². The van der Waals surface area contributed by atoms with Gasteiger partial charge < -0.3 is 9.64 Å². The lowest BCUT2D eigenvalue weighted by atomic mass is 10.2. The Bertz CT molecular complexity index is 620. The second-order valence-corrected chi connectivity index (χ2v) is 5.28. The largest absolute Gasteiger partial charge is 0.492 e. The number of aromatic nitrogens is 2. The quantitative estimate of drug-likeness (QED) is 0.924. The van der Waals surface area contributed by atoms with E-state index in [2.05, 4.69) is 10.2 Å². The van der Waals surface area contributed by atoms with Crippen molar-refractivity contribution in [3.63, 3.8) is 0 Å². The summed E-state index contributed by atoms with van der Waals surface area (Å²) in [5, 5.41) is 7.48. The van der Waals surface area contributed by atoms with Gasteiger partial charge in [0, 0.05) is 17.8 Å². The molecule has 2 aromatic rings. The Balaban J connectivity index is 1.90. The van der Waals surface area contributed by atoms with Crippen LogP contribution in [-0.2, 0) is 0 Å². The van der Waals surface area contributed by atoms with Gasteiger partial charge in [-0.2, -0.15) is 5.10 Å². The summed E-state index contributed by atoms with van der Waals surface area (Å²) in [6, 6.07) is 7.19. The highest BCUT2D eigenvalue weighted by atomic mass is 35.5. The number of rotatable bonds is 5. The van der Waals surface area contributed by atoms with Gasteiger partial charge in [-0.15, -0.1) is 0 Å². The van der Waals surface area contributed by atoms with Gasteiger partial charge in [-0.05, 0) is 32.0 Å². The number of aromatic amines is 1. The van der Waals surface area contributed by atoms with Crippen molar-refractivity contribution in [3.8, 4) is 5.75 Å². The van der Waals surface area contributed by atoms with Crippen LogP contribution < -0.4 is 4.74 Å². The molecule has 0 aliphatic carbocycles. The van der Waals surface area contributed by atoms with E-state index < -0.39 is 0 Å². The lowest BCUT2D eigenvalue weighted by Gasteiger charge is -2.17. The zero-order valence-corrected chi connectivity index (χ0v) is 13.1. The van der Waals surface area contributed by atoms with Crippen molar-refractivity contribution in [3.05, 3.63) is 46.2 Å². The molecule has 0 saturated heterocycles. The number of carbonyl (C=O) groups is 1. The fraction of sp³-hybridized carbons (Fsp3) is 0.333. The van der Waals surface area contributed by atoms with Crippen LogP contribution in [-0.4, -0.2) is 41.2 Å². The molecular formula is C15H18ClN3O2. The minimum atomic E-state index is -0.0616. The minimum absolute atomic E-state index is 0.0616. The van der Waals surface area contributed by atoms with Crippen molar-refractivity contribution in [1.29, 1.82) is 0 Å². The Hall–Kier alpha value is -2.01. The summed E-state index contributed by atoms with van der Waals surface area (Å²) in [4.78, 5) is 14.0. The van der Waals surface area contributed by atoms with Crippen molar-refractivity contribution in [2.75, 3.05) is 20.2 Å². The van der Waals surface area contributed by atoms with Crippen molar-refractivity contribution >= 4 is 17.5 Å². The lowest BCUT2D eigenvalue weighted by Crippen LogP contribution is -2.31. The van der Waals surface area contributed by atoms with Crippen LogP contribution in [0.5, 0.6) is 5.75 Å². The molecule has 6 heteroatoms. The molecule has 1 aromatic carbocycles. The Labute approximate surface area is 128 Å². The maximum Gasteiger partial charge on any atom is 0.257 e. The first-order chi connectivity index (χ1) is 9.99.